The predicted molar refractivity (Wildman–Crippen MR) is 96.2 cm³/mol. The number of ether oxygens (including phenoxy) is 3. The maximum atomic E-state index is 13.0. The molecule has 7 nitrogen and oxygen atoms in total. The Morgan fingerprint density at radius 1 is 1.12 bits per heavy atom. The molecular formula is C19H22N2O5. The summed E-state index contributed by atoms with van der Waals surface area (Å²) in [6, 6.07) is 6.75. The highest BCUT2D eigenvalue weighted by Gasteiger charge is 2.33. The maximum absolute atomic E-state index is 13.0. The van der Waals surface area contributed by atoms with Gasteiger partial charge in [0, 0.05) is 30.4 Å². The highest BCUT2D eigenvalue weighted by Crippen LogP contribution is 2.39. The maximum Gasteiger partial charge on any atom is 0.270 e. The third kappa shape index (κ3) is 3.24. The van der Waals surface area contributed by atoms with Crippen molar-refractivity contribution in [1.82, 2.24) is 9.88 Å². The second kappa shape index (κ2) is 7.51. The molecule has 0 aliphatic carbocycles. The standard InChI is InChI=1S/C19H22N2O5/c1-24-12-6-7-13(17(9-12)25-2)15-5-4-8-21(15)19(23)14-10-16(22)18(26-3)11-20-14/h6-7,9-11,15H,4-5,8H2,1-3H3,(H,20,22)/t15-/m0/s1. The highest BCUT2D eigenvalue weighted by atomic mass is 16.5. The van der Waals surface area contributed by atoms with E-state index in [9.17, 15) is 9.59 Å². The third-order valence-electron chi connectivity index (χ3n) is 4.64. The molecule has 138 valence electrons. The van der Waals surface area contributed by atoms with E-state index in [1.165, 1.54) is 19.4 Å². The van der Waals surface area contributed by atoms with Crippen LogP contribution in [0.5, 0.6) is 17.2 Å². The number of nitrogens with one attached hydrogen (secondary N) is 1. The van der Waals surface area contributed by atoms with E-state index in [4.69, 9.17) is 14.2 Å². The number of carbonyl (C=O) groups excluding carboxylic acids is 1. The number of hydrogen-bond donors (Lipinski definition) is 1. The minimum absolute atomic E-state index is 0.117. The van der Waals surface area contributed by atoms with Crippen LogP contribution in [0, 0.1) is 0 Å². The van der Waals surface area contributed by atoms with Crippen LogP contribution in [0.25, 0.3) is 0 Å². The molecule has 1 aromatic heterocycles. The van der Waals surface area contributed by atoms with Gasteiger partial charge in [-0.05, 0) is 25.0 Å². The second-order valence-electron chi connectivity index (χ2n) is 6.04. The molecule has 2 heterocycles. The fraction of sp³-hybridized carbons (Fsp3) is 0.368. The van der Waals surface area contributed by atoms with Gasteiger partial charge in [0.25, 0.3) is 5.91 Å². The molecule has 3 rings (SSSR count). The van der Waals surface area contributed by atoms with Crippen LogP contribution in [0.15, 0.2) is 35.3 Å². The van der Waals surface area contributed by atoms with Crippen LogP contribution in [0.1, 0.15) is 34.9 Å². The summed E-state index contributed by atoms with van der Waals surface area (Å²) in [7, 11) is 4.61. The number of likely N-dealkylation sites (tertiary alicyclic amines) is 1. The number of carbonyl (C=O) groups is 1. The van der Waals surface area contributed by atoms with Gasteiger partial charge in [-0.3, -0.25) is 9.59 Å². The number of hydrogen-bond acceptors (Lipinski definition) is 5. The number of rotatable bonds is 5. The van der Waals surface area contributed by atoms with Gasteiger partial charge in [0.05, 0.1) is 27.4 Å². The lowest BCUT2D eigenvalue weighted by Crippen LogP contribution is -2.32. The first-order chi connectivity index (χ1) is 12.6. The molecule has 1 N–H and O–H groups in total. The summed E-state index contributed by atoms with van der Waals surface area (Å²) in [6.45, 7) is 0.618. The van der Waals surface area contributed by atoms with Crippen LogP contribution < -0.4 is 19.6 Å². The molecule has 0 radical (unpaired) electrons. The molecule has 1 fully saturated rings. The summed E-state index contributed by atoms with van der Waals surface area (Å²) in [5.41, 5.74) is 0.845. The summed E-state index contributed by atoms with van der Waals surface area (Å²) in [6.07, 6.45) is 3.12. The number of aromatic amines is 1. The molecule has 0 saturated carbocycles. The minimum atomic E-state index is -0.327. The van der Waals surface area contributed by atoms with Gasteiger partial charge in [-0.2, -0.15) is 0 Å². The summed E-state index contributed by atoms with van der Waals surface area (Å²) >= 11 is 0. The van der Waals surface area contributed by atoms with Crippen LogP contribution in [-0.2, 0) is 0 Å². The smallest absolute Gasteiger partial charge is 0.270 e. The molecule has 1 amide bonds. The second-order valence-corrected chi connectivity index (χ2v) is 6.04. The van der Waals surface area contributed by atoms with Crippen molar-refractivity contribution in [3.05, 3.63) is 51.9 Å². The Labute approximate surface area is 151 Å². The summed E-state index contributed by atoms with van der Waals surface area (Å²) in [5.74, 6) is 1.33. The lowest BCUT2D eigenvalue weighted by atomic mass is 10.0. The van der Waals surface area contributed by atoms with Gasteiger partial charge in [-0.15, -0.1) is 0 Å². The van der Waals surface area contributed by atoms with Crippen molar-refractivity contribution in [3.63, 3.8) is 0 Å². The van der Waals surface area contributed by atoms with E-state index >= 15 is 0 Å². The number of benzene rings is 1. The van der Waals surface area contributed by atoms with Crippen molar-refractivity contribution in [2.24, 2.45) is 0 Å². The first-order valence-corrected chi connectivity index (χ1v) is 8.38. The summed E-state index contributed by atoms with van der Waals surface area (Å²) in [5, 5.41) is 0. The fourth-order valence-electron chi connectivity index (χ4n) is 3.32. The summed E-state index contributed by atoms with van der Waals surface area (Å²) in [4.78, 5) is 29.5. The topological polar surface area (TPSA) is 80.9 Å². The zero-order chi connectivity index (χ0) is 18.7. The summed E-state index contributed by atoms with van der Waals surface area (Å²) < 4.78 is 15.7. The van der Waals surface area contributed by atoms with Gasteiger partial charge in [0.1, 0.15) is 17.2 Å². The normalized spacial score (nSPS) is 16.4. The lowest BCUT2D eigenvalue weighted by molar-refractivity contribution is 0.0728. The number of nitrogens with zero attached hydrogens (tertiary/aromatic N) is 1. The van der Waals surface area contributed by atoms with Crippen molar-refractivity contribution in [2.45, 2.75) is 18.9 Å². The Morgan fingerprint density at radius 2 is 1.88 bits per heavy atom. The van der Waals surface area contributed by atoms with Crippen LogP contribution >= 0.6 is 0 Å². The minimum Gasteiger partial charge on any atom is -0.497 e. The van der Waals surface area contributed by atoms with E-state index in [2.05, 4.69) is 4.98 Å². The van der Waals surface area contributed by atoms with Crippen molar-refractivity contribution in [2.75, 3.05) is 27.9 Å². The Morgan fingerprint density at radius 3 is 2.54 bits per heavy atom. The molecule has 1 saturated heterocycles. The Kier molecular flexibility index (Phi) is 5.16. The number of H-pyrrole nitrogens is 1. The van der Waals surface area contributed by atoms with Gasteiger partial charge < -0.3 is 24.1 Å². The Hall–Kier alpha value is -2.96. The molecule has 26 heavy (non-hydrogen) atoms. The molecule has 0 bridgehead atoms. The Balaban J connectivity index is 1.92. The van der Waals surface area contributed by atoms with Crippen molar-refractivity contribution in [3.8, 4) is 17.2 Å². The molecule has 0 unspecified atom stereocenters. The highest BCUT2D eigenvalue weighted by molar-refractivity contribution is 5.93. The number of pyridine rings is 1. The van der Waals surface area contributed by atoms with Gasteiger partial charge >= 0.3 is 0 Å². The molecule has 1 aliphatic rings. The van der Waals surface area contributed by atoms with Crippen molar-refractivity contribution < 1.29 is 19.0 Å². The molecule has 1 aromatic carbocycles. The zero-order valence-electron chi connectivity index (χ0n) is 15.1. The monoisotopic (exact) mass is 358 g/mol. The number of aromatic nitrogens is 1. The van der Waals surface area contributed by atoms with Crippen LogP contribution in [-0.4, -0.2) is 43.7 Å². The van der Waals surface area contributed by atoms with E-state index in [-0.39, 0.29) is 28.8 Å². The van der Waals surface area contributed by atoms with Gasteiger partial charge in [-0.1, -0.05) is 0 Å². The van der Waals surface area contributed by atoms with Gasteiger partial charge in [0.15, 0.2) is 5.75 Å². The van der Waals surface area contributed by atoms with Crippen LogP contribution in [0.2, 0.25) is 0 Å². The molecule has 7 heteroatoms. The first-order valence-electron chi connectivity index (χ1n) is 8.38. The van der Waals surface area contributed by atoms with E-state index in [1.807, 2.05) is 18.2 Å². The number of methoxy groups -OCH3 is 3. The average molecular weight is 358 g/mol. The molecular weight excluding hydrogens is 336 g/mol. The molecule has 0 spiro atoms. The van der Waals surface area contributed by atoms with Crippen molar-refractivity contribution in [1.29, 1.82) is 0 Å². The van der Waals surface area contributed by atoms with Crippen LogP contribution in [0.3, 0.4) is 0 Å². The SMILES string of the molecule is COc1ccc([C@@H]2CCCN2C(=O)c2cc(=O)c(OC)c[nH]2)c(OC)c1. The van der Waals surface area contributed by atoms with Crippen LogP contribution in [0.4, 0.5) is 0 Å². The Bertz CT molecular complexity index is 861. The van der Waals surface area contributed by atoms with E-state index in [0.29, 0.717) is 18.0 Å². The van der Waals surface area contributed by atoms with Crippen molar-refractivity contribution >= 4 is 5.91 Å². The first kappa shape index (κ1) is 17.8. The van der Waals surface area contributed by atoms with Gasteiger partial charge in [-0.25, -0.2) is 0 Å². The van der Waals surface area contributed by atoms with E-state index in [0.717, 1.165) is 18.4 Å². The van der Waals surface area contributed by atoms with E-state index in [1.54, 1.807) is 19.1 Å². The van der Waals surface area contributed by atoms with Gasteiger partial charge in [0.2, 0.25) is 5.43 Å². The molecule has 1 aliphatic heterocycles. The lowest BCUT2D eigenvalue weighted by Gasteiger charge is -2.26. The zero-order valence-corrected chi connectivity index (χ0v) is 15.1. The number of amides is 1. The third-order valence-corrected chi connectivity index (χ3v) is 4.64. The molecule has 1 atom stereocenters. The predicted octanol–water partition coefficient (Wildman–Crippen LogP) is 2.38. The largest absolute Gasteiger partial charge is 0.497 e. The quantitative estimate of drug-likeness (QED) is 0.888. The fourth-order valence-corrected chi connectivity index (χ4v) is 3.32. The molecule has 2 aromatic rings. The van der Waals surface area contributed by atoms with E-state index < -0.39 is 0 Å². The average Bonchev–Trinajstić information content (AvgIpc) is 3.16.